The summed E-state index contributed by atoms with van der Waals surface area (Å²) in [5.41, 5.74) is 13.2. The van der Waals surface area contributed by atoms with E-state index in [1.165, 1.54) is 6.20 Å². The first-order valence-corrected chi connectivity index (χ1v) is 6.18. The third-order valence-electron chi connectivity index (χ3n) is 2.61. The van der Waals surface area contributed by atoms with Crippen LogP contribution in [0.4, 0.5) is 0 Å². The Morgan fingerprint density at radius 2 is 2.22 bits per heavy atom. The summed E-state index contributed by atoms with van der Waals surface area (Å²) < 4.78 is 2.50. The SMILES string of the molecule is C[C@@H](N)c1ccc(-n2cc(C(N)=O)cn2)cc1Br. The summed E-state index contributed by atoms with van der Waals surface area (Å²) in [6, 6.07) is 5.67. The molecule has 1 amide bonds. The standard InChI is InChI=1S/C12H13BrN4O/c1-7(14)10-3-2-9(4-11(10)13)17-6-8(5-16-17)12(15)18/h2-7H,14H2,1H3,(H2,15,18)/t7-/m1/s1. The Morgan fingerprint density at radius 3 is 2.72 bits per heavy atom. The van der Waals surface area contributed by atoms with Gasteiger partial charge in [0.15, 0.2) is 0 Å². The lowest BCUT2D eigenvalue weighted by Gasteiger charge is -2.10. The van der Waals surface area contributed by atoms with Crippen LogP contribution in [0.25, 0.3) is 5.69 Å². The fourth-order valence-electron chi connectivity index (χ4n) is 1.62. The summed E-state index contributed by atoms with van der Waals surface area (Å²) in [6.07, 6.45) is 3.03. The maximum Gasteiger partial charge on any atom is 0.251 e. The van der Waals surface area contributed by atoms with Crippen molar-refractivity contribution in [2.24, 2.45) is 11.5 Å². The molecule has 0 radical (unpaired) electrons. The fourth-order valence-corrected chi connectivity index (χ4v) is 2.35. The molecule has 1 aromatic heterocycles. The van der Waals surface area contributed by atoms with Crippen LogP contribution in [0, 0.1) is 0 Å². The molecule has 0 spiro atoms. The first-order valence-electron chi connectivity index (χ1n) is 5.39. The minimum absolute atomic E-state index is 0.0489. The first kappa shape index (κ1) is 12.8. The van der Waals surface area contributed by atoms with Crippen molar-refractivity contribution >= 4 is 21.8 Å². The molecule has 1 atom stereocenters. The lowest BCUT2D eigenvalue weighted by Crippen LogP contribution is -2.09. The van der Waals surface area contributed by atoms with Gasteiger partial charge in [-0.15, -0.1) is 0 Å². The third kappa shape index (κ3) is 2.44. The summed E-state index contributed by atoms with van der Waals surface area (Å²) in [5.74, 6) is -0.493. The highest BCUT2D eigenvalue weighted by atomic mass is 79.9. The predicted octanol–water partition coefficient (Wildman–Crippen LogP) is 1.75. The normalized spacial score (nSPS) is 12.4. The van der Waals surface area contributed by atoms with Crippen molar-refractivity contribution in [1.29, 1.82) is 0 Å². The van der Waals surface area contributed by atoms with E-state index in [1.807, 2.05) is 25.1 Å². The van der Waals surface area contributed by atoms with Gasteiger partial charge in [-0.05, 0) is 24.6 Å². The fraction of sp³-hybridized carbons (Fsp3) is 0.167. The highest BCUT2D eigenvalue weighted by Crippen LogP contribution is 2.24. The van der Waals surface area contributed by atoms with Crippen molar-refractivity contribution in [3.05, 3.63) is 46.2 Å². The molecule has 1 heterocycles. The van der Waals surface area contributed by atoms with Crippen LogP contribution in [-0.4, -0.2) is 15.7 Å². The maximum absolute atomic E-state index is 11.0. The van der Waals surface area contributed by atoms with Crippen LogP contribution in [0.15, 0.2) is 35.1 Å². The number of carbonyl (C=O) groups excluding carboxylic acids is 1. The molecule has 0 unspecified atom stereocenters. The average molecular weight is 309 g/mol. The first-order chi connectivity index (χ1) is 8.49. The minimum atomic E-state index is -0.493. The quantitative estimate of drug-likeness (QED) is 0.905. The molecule has 0 aliphatic rings. The van der Waals surface area contributed by atoms with Gasteiger partial charge in [-0.2, -0.15) is 5.10 Å². The van der Waals surface area contributed by atoms with Crippen LogP contribution >= 0.6 is 15.9 Å². The zero-order valence-electron chi connectivity index (χ0n) is 9.80. The lowest BCUT2D eigenvalue weighted by molar-refractivity contribution is 0.100. The van der Waals surface area contributed by atoms with Crippen LogP contribution in [0.2, 0.25) is 0 Å². The van der Waals surface area contributed by atoms with Crippen molar-refractivity contribution in [1.82, 2.24) is 9.78 Å². The van der Waals surface area contributed by atoms with Gasteiger partial charge in [0.2, 0.25) is 0 Å². The Kier molecular flexibility index (Phi) is 3.49. The second kappa shape index (κ2) is 4.91. The van der Waals surface area contributed by atoms with Gasteiger partial charge in [-0.3, -0.25) is 4.79 Å². The number of halogens is 1. The number of nitrogens with zero attached hydrogens (tertiary/aromatic N) is 2. The molecule has 0 aliphatic carbocycles. The summed E-state index contributed by atoms with van der Waals surface area (Å²) in [7, 11) is 0. The number of benzene rings is 1. The molecule has 0 saturated carbocycles. The van der Waals surface area contributed by atoms with Gasteiger partial charge in [0.1, 0.15) is 0 Å². The third-order valence-corrected chi connectivity index (χ3v) is 3.29. The molecule has 2 aromatic rings. The molecule has 0 aliphatic heterocycles. The molecule has 4 N–H and O–H groups in total. The van der Waals surface area contributed by atoms with E-state index < -0.39 is 5.91 Å². The number of primary amides is 1. The van der Waals surface area contributed by atoms with Crippen LogP contribution in [0.1, 0.15) is 28.9 Å². The van der Waals surface area contributed by atoms with Crippen molar-refractivity contribution < 1.29 is 4.79 Å². The number of rotatable bonds is 3. The molecule has 0 fully saturated rings. The van der Waals surface area contributed by atoms with Gasteiger partial charge >= 0.3 is 0 Å². The van der Waals surface area contributed by atoms with E-state index in [9.17, 15) is 4.79 Å². The summed E-state index contributed by atoms with van der Waals surface area (Å²) >= 11 is 3.47. The monoisotopic (exact) mass is 308 g/mol. The van der Waals surface area contributed by atoms with Crippen LogP contribution < -0.4 is 11.5 Å². The molecule has 2 rings (SSSR count). The summed E-state index contributed by atoms with van der Waals surface area (Å²) in [6.45, 7) is 1.92. The van der Waals surface area contributed by atoms with Crippen molar-refractivity contribution in [3.8, 4) is 5.69 Å². The Balaban J connectivity index is 2.39. The average Bonchev–Trinajstić information content (AvgIpc) is 2.77. The van der Waals surface area contributed by atoms with E-state index in [2.05, 4.69) is 21.0 Å². The second-order valence-electron chi connectivity index (χ2n) is 4.03. The highest BCUT2D eigenvalue weighted by Gasteiger charge is 2.09. The molecule has 0 bridgehead atoms. The zero-order chi connectivity index (χ0) is 13.3. The number of amides is 1. The maximum atomic E-state index is 11.0. The van der Waals surface area contributed by atoms with Gasteiger partial charge in [0.05, 0.1) is 17.4 Å². The van der Waals surface area contributed by atoms with Crippen LogP contribution in [0.5, 0.6) is 0 Å². The van der Waals surface area contributed by atoms with E-state index in [0.29, 0.717) is 5.56 Å². The van der Waals surface area contributed by atoms with Crippen molar-refractivity contribution in [2.75, 3.05) is 0 Å². The van der Waals surface area contributed by atoms with Crippen molar-refractivity contribution in [3.63, 3.8) is 0 Å². The Morgan fingerprint density at radius 1 is 1.50 bits per heavy atom. The molecular weight excluding hydrogens is 296 g/mol. The number of hydrogen-bond acceptors (Lipinski definition) is 3. The number of hydrogen-bond donors (Lipinski definition) is 2. The highest BCUT2D eigenvalue weighted by molar-refractivity contribution is 9.10. The van der Waals surface area contributed by atoms with Crippen molar-refractivity contribution in [2.45, 2.75) is 13.0 Å². The smallest absolute Gasteiger partial charge is 0.251 e. The molecule has 0 saturated heterocycles. The number of carbonyl (C=O) groups is 1. The molecule has 18 heavy (non-hydrogen) atoms. The Labute approximate surface area is 113 Å². The van der Waals surface area contributed by atoms with Crippen LogP contribution in [-0.2, 0) is 0 Å². The Bertz CT molecular complexity index is 592. The molecule has 5 nitrogen and oxygen atoms in total. The number of nitrogens with two attached hydrogens (primary N) is 2. The van der Waals surface area contributed by atoms with Gasteiger partial charge in [-0.25, -0.2) is 4.68 Å². The zero-order valence-corrected chi connectivity index (χ0v) is 11.4. The predicted molar refractivity (Wildman–Crippen MR) is 72.4 cm³/mol. The van der Waals surface area contributed by atoms with Crippen LogP contribution in [0.3, 0.4) is 0 Å². The Hall–Kier alpha value is -1.66. The molecule has 6 heteroatoms. The van der Waals surface area contributed by atoms with Gasteiger partial charge in [-0.1, -0.05) is 22.0 Å². The summed E-state index contributed by atoms with van der Waals surface area (Å²) in [5, 5.41) is 4.09. The minimum Gasteiger partial charge on any atom is -0.366 e. The van der Waals surface area contributed by atoms with E-state index in [1.54, 1.807) is 10.9 Å². The van der Waals surface area contributed by atoms with E-state index in [4.69, 9.17) is 11.5 Å². The second-order valence-corrected chi connectivity index (χ2v) is 4.89. The largest absolute Gasteiger partial charge is 0.366 e. The van der Waals surface area contributed by atoms with E-state index in [-0.39, 0.29) is 6.04 Å². The molecular formula is C12H13BrN4O. The van der Waals surface area contributed by atoms with Gasteiger partial charge in [0.25, 0.3) is 5.91 Å². The van der Waals surface area contributed by atoms with Gasteiger partial charge in [0, 0.05) is 16.7 Å². The molecule has 1 aromatic carbocycles. The number of aromatic nitrogens is 2. The topological polar surface area (TPSA) is 86.9 Å². The van der Waals surface area contributed by atoms with E-state index in [0.717, 1.165) is 15.7 Å². The summed E-state index contributed by atoms with van der Waals surface area (Å²) in [4.78, 5) is 11.0. The van der Waals surface area contributed by atoms with Gasteiger partial charge < -0.3 is 11.5 Å². The molecule has 94 valence electrons. The lowest BCUT2D eigenvalue weighted by atomic mass is 10.1. The van der Waals surface area contributed by atoms with E-state index >= 15 is 0 Å².